The molecule has 2 rings (SSSR count). The molecular weight excluding hydrogens is 162 g/mol. The van der Waals surface area contributed by atoms with E-state index in [1.54, 1.807) is 6.20 Å². The smallest absolute Gasteiger partial charge is 0.125 e. The van der Waals surface area contributed by atoms with Crippen LogP contribution in [0.3, 0.4) is 0 Å². The van der Waals surface area contributed by atoms with Crippen molar-refractivity contribution in [3.63, 3.8) is 0 Å². The fourth-order valence-corrected chi connectivity index (χ4v) is 1.79. The molecule has 2 heterocycles. The van der Waals surface area contributed by atoms with Crippen molar-refractivity contribution >= 4 is 11.5 Å². The third-order valence-electron chi connectivity index (χ3n) is 2.49. The first-order valence-electron chi connectivity index (χ1n) is 4.83. The number of pyridine rings is 1. The van der Waals surface area contributed by atoms with E-state index in [0.717, 1.165) is 13.1 Å². The van der Waals surface area contributed by atoms with E-state index in [4.69, 9.17) is 5.73 Å². The van der Waals surface area contributed by atoms with Crippen molar-refractivity contribution in [1.82, 2.24) is 4.98 Å². The highest BCUT2D eigenvalue weighted by molar-refractivity contribution is 5.52. The predicted molar refractivity (Wildman–Crippen MR) is 54.7 cm³/mol. The van der Waals surface area contributed by atoms with E-state index in [1.165, 1.54) is 24.9 Å². The number of hydrogen-bond donors (Lipinski definition) is 1. The number of aromatic nitrogens is 1. The quantitative estimate of drug-likeness (QED) is 0.709. The summed E-state index contributed by atoms with van der Waals surface area (Å²) in [4.78, 5) is 6.36. The molecule has 0 aromatic carbocycles. The van der Waals surface area contributed by atoms with Crippen molar-refractivity contribution in [3.05, 3.63) is 18.3 Å². The van der Waals surface area contributed by atoms with Gasteiger partial charge in [0.15, 0.2) is 0 Å². The molecule has 1 aromatic heterocycles. The lowest BCUT2D eigenvalue weighted by Crippen LogP contribution is -2.29. The number of anilines is 2. The molecule has 3 heteroatoms. The average molecular weight is 177 g/mol. The van der Waals surface area contributed by atoms with Crippen LogP contribution in [0.5, 0.6) is 0 Å². The average Bonchev–Trinajstić information content (AvgIpc) is 2.19. The monoisotopic (exact) mass is 177 g/mol. The number of nitrogens with two attached hydrogens (primary N) is 1. The third-order valence-corrected chi connectivity index (χ3v) is 2.49. The van der Waals surface area contributed by atoms with Crippen LogP contribution >= 0.6 is 0 Å². The second-order valence-corrected chi connectivity index (χ2v) is 3.49. The fourth-order valence-electron chi connectivity index (χ4n) is 1.79. The molecular formula is C10H15N3. The van der Waals surface area contributed by atoms with Gasteiger partial charge in [-0.05, 0) is 25.3 Å². The van der Waals surface area contributed by atoms with Crippen LogP contribution in [0.25, 0.3) is 0 Å². The van der Waals surface area contributed by atoms with E-state index in [9.17, 15) is 0 Å². The van der Waals surface area contributed by atoms with Gasteiger partial charge >= 0.3 is 0 Å². The molecule has 0 aliphatic carbocycles. The normalized spacial score (nSPS) is 17.4. The molecule has 0 amide bonds. The summed E-state index contributed by atoms with van der Waals surface area (Å²) in [7, 11) is 0. The lowest BCUT2D eigenvalue weighted by Gasteiger charge is -2.28. The molecule has 1 aliphatic rings. The number of rotatable bonds is 1. The van der Waals surface area contributed by atoms with Crippen LogP contribution in [0, 0.1) is 0 Å². The first-order chi connectivity index (χ1) is 6.36. The van der Waals surface area contributed by atoms with E-state index in [0.29, 0.717) is 5.82 Å². The first-order valence-corrected chi connectivity index (χ1v) is 4.83. The summed E-state index contributed by atoms with van der Waals surface area (Å²) >= 11 is 0. The van der Waals surface area contributed by atoms with E-state index in [-0.39, 0.29) is 0 Å². The Bertz CT molecular complexity index is 279. The number of nitrogens with zero attached hydrogens (tertiary/aromatic N) is 2. The van der Waals surface area contributed by atoms with Gasteiger partial charge in [-0.25, -0.2) is 4.98 Å². The molecule has 0 bridgehead atoms. The highest BCUT2D eigenvalue weighted by Gasteiger charge is 2.10. The van der Waals surface area contributed by atoms with Gasteiger partial charge in [-0.15, -0.1) is 0 Å². The SMILES string of the molecule is Nc1cc(N2CCCCC2)ccn1. The predicted octanol–water partition coefficient (Wildman–Crippen LogP) is 1.65. The van der Waals surface area contributed by atoms with Gasteiger partial charge in [0.25, 0.3) is 0 Å². The zero-order valence-corrected chi connectivity index (χ0v) is 7.74. The molecule has 1 aromatic rings. The lowest BCUT2D eigenvalue weighted by molar-refractivity contribution is 0.578. The van der Waals surface area contributed by atoms with E-state index in [1.807, 2.05) is 12.1 Å². The zero-order chi connectivity index (χ0) is 9.10. The maximum absolute atomic E-state index is 5.63. The van der Waals surface area contributed by atoms with Crippen LogP contribution in [-0.2, 0) is 0 Å². The van der Waals surface area contributed by atoms with Crippen molar-refractivity contribution in [2.75, 3.05) is 23.7 Å². The van der Waals surface area contributed by atoms with Crippen LogP contribution in [-0.4, -0.2) is 18.1 Å². The summed E-state index contributed by atoms with van der Waals surface area (Å²) in [6.45, 7) is 2.31. The molecule has 13 heavy (non-hydrogen) atoms. The molecule has 0 atom stereocenters. The Morgan fingerprint density at radius 1 is 1.23 bits per heavy atom. The summed E-state index contributed by atoms with van der Waals surface area (Å²) in [5, 5.41) is 0. The van der Waals surface area contributed by atoms with Gasteiger partial charge in [-0.2, -0.15) is 0 Å². The van der Waals surface area contributed by atoms with Crippen LogP contribution < -0.4 is 10.6 Å². The van der Waals surface area contributed by atoms with Crippen LogP contribution in [0.15, 0.2) is 18.3 Å². The zero-order valence-electron chi connectivity index (χ0n) is 7.74. The Hall–Kier alpha value is -1.25. The molecule has 1 fully saturated rings. The van der Waals surface area contributed by atoms with E-state index >= 15 is 0 Å². The topological polar surface area (TPSA) is 42.1 Å². The molecule has 3 nitrogen and oxygen atoms in total. The molecule has 1 saturated heterocycles. The minimum atomic E-state index is 0.614. The number of nitrogen functional groups attached to an aromatic ring is 1. The standard InChI is InChI=1S/C10H15N3/c11-10-8-9(4-5-12-10)13-6-2-1-3-7-13/h4-5,8H,1-3,6-7H2,(H2,11,12). The molecule has 70 valence electrons. The van der Waals surface area contributed by atoms with Gasteiger partial charge < -0.3 is 10.6 Å². The highest BCUT2D eigenvalue weighted by Crippen LogP contribution is 2.20. The lowest BCUT2D eigenvalue weighted by atomic mass is 10.1. The van der Waals surface area contributed by atoms with Crippen LogP contribution in [0.4, 0.5) is 11.5 Å². The Morgan fingerprint density at radius 3 is 2.69 bits per heavy atom. The van der Waals surface area contributed by atoms with Gasteiger partial charge in [0.2, 0.25) is 0 Å². The Kier molecular flexibility index (Phi) is 2.34. The third kappa shape index (κ3) is 1.91. The van der Waals surface area contributed by atoms with Crippen molar-refractivity contribution in [3.8, 4) is 0 Å². The maximum Gasteiger partial charge on any atom is 0.125 e. The van der Waals surface area contributed by atoms with E-state index < -0.39 is 0 Å². The molecule has 0 radical (unpaired) electrons. The molecule has 2 N–H and O–H groups in total. The van der Waals surface area contributed by atoms with Crippen LogP contribution in [0.1, 0.15) is 19.3 Å². The summed E-state index contributed by atoms with van der Waals surface area (Å²) in [5.41, 5.74) is 6.84. The minimum absolute atomic E-state index is 0.614. The van der Waals surface area contributed by atoms with Crippen molar-refractivity contribution in [2.45, 2.75) is 19.3 Å². The molecule has 0 spiro atoms. The largest absolute Gasteiger partial charge is 0.384 e. The van der Waals surface area contributed by atoms with Gasteiger partial charge in [0, 0.05) is 31.0 Å². The molecule has 0 saturated carbocycles. The highest BCUT2D eigenvalue weighted by atomic mass is 15.1. The molecule has 0 unspecified atom stereocenters. The Morgan fingerprint density at radius 2 is 2.00 bits per heavy atom. The minimum Gasteiger partial charge on any atom is -0.384 e. The van der Waals surface area contributed by atoms with Crippen molar-refractivity contribution in [2.24, 2.45) is 0 Å². The first kappa shape index (κ1) is 8.35. The van der Waals surface area contributed by atoms with Crippen LogP contribution in [0.2, 0.25) is 0 Å². The second-order valence-electron chi connectivity index (χ2n) is 3.49. The maximum atomic E-state index is 5.63. The van der Waals surface area contributed by atoms with Gasteiger partial charge in [-0.1, -0.05) is 0 Å². The number of hydrogen-bond acceptors (Lipinski definition) is 3. The summed E-state index contributed by atoms with van der Waals surface area (Å²) in [5.74, 6) is 0.614. The Balaban J connectivity index is 2.14. The fraction of sp³-hybridized carbons (Fsp3) is 0.500. The van der Waals surface area contributed by atoms with Gasteiger partial charge in [0.05, 0.1) is 0 Å². The van der Waals surface area contributed by atoms with E-state index in [2.05, 4.69) is 9.88 Å². The van der Waals surface area contributed by atoms with Gasteiger partial charge in [-0.3, -0.25) is 0 Å². The molecule has 1 aliphatic heterocycles. The summed E-state index contributed by atoms with van der Waals surface area (Å²) in [6, 6.07) is 3.98. The second kappa shape index (κ2) is 3.64. The summed E-state index contributed by atoms with van der Waals surface area (Å²) < 4.78 is 0. The summed E-state index contributed by atoms with van der Waals surface area (Å²) in [6.07, 6.45) is 5.72. The van der Waals surface area contributed by atoms with Crippen molar-refractivity contribution < 1.29 is 0 Å². The number of piperidine rings is 1. The van der Waals surface area contributed by atoms with Crippen molar-refractivity contribution in [1.29, 1.82) is 0 Å². The van der Waals surface area contributed by atoms with Gasteiger partial charge in [0.1, 0.15) is 5.82 Å². The Labute approximate surface area is 78.6 Å².